The smallest absolute Gasteiger partial charge is 0.313 e. The van der Waals surface area contributed by atoms with Crippen LogP contribution in [0.4, 0.5) is 0 Å². The molecule has 0 fully saturated rings. The number of aryl methyl sites for hydroxylation is 1. The third-order valence-electron chi connectivity index (χ3n) is 4.87. The van der Waals surface area contributed by atoms with Gasteiger partial charge in [0.15, 0.2) is 0 Å². The zero-order valence-electron chi connectivity index (χ0n) is 16.1. The van der Waals surface area contributed by atoms with Crippen LogP contribution in [0.5, 0.6) is 0 Å². The predicted molar refractivity (Wildman–Crippen MR) is 111 cm³/mol. The number of amides is 1. The van der Waals surface area contributed by atoms with Gasteiger partial charge in [0.1, 0.15) is 0 Å². The van der Waals surface area contributed by atoms with Gasteiger partial charge in [-0.15, -0.1) is 11.8 Å². The van der Waals surface area contributed by atoms with Gasteiger partial charge in [-0.3, -0.25) is 14.3 Å². The van der Waals surface area contributed by atoms with E-state index in [1.165, 1.54) is 11.1 Å². The van der Waals surface area contributed by atoms with Crippen molar-refractivity contribution in [3.63, 3.8) is 0 Å². The molecule has 28 heavy (non-hydrogen) atoms. The summed E-state index contributed by atoms with van der Waals surface area (Å²) < 4.78 is 2.04. The number of carbonyl (C=O) groups is 2. The average molecular weight is 400 g/mol. The van der Waals surface area contributed by atoms with Crippen LogP contribution in [0, 0.1) is 13.8 Å². The van der Waals surface area contributed by atoms with Gasteiger partial charge in [-0.25, -0.2) is 0 Å². The summed E-state index contributed by atoms with van der Waals surface area (Å²) >= 11 is 1.11. The van der Waals surface area contributed by atoms with E-state index in [-0.39, 0.29) is 29.4 Å². The molecule has 0 radical (unpaired) electrons. The van der Waals surface area contributed by atoms with E-state index < -0.39 is 5.97 Å². The molecule has 7 heteroatoms. The first-order valence-electron chi connectivity index (χ1n) is 9.29. The summed E-state index contributed by atoms with van der Waals surface area (Å²) in [5, 5.41) is 16.3. The average Bonchev–Trinajstić information content (AvgIpc) is 3.19. The van der Waals surface area contributed by atoms with Crippen molar-refractivity contribution in [3.8, 4) is 0 Å². The topological polar surface area (TPSA) is 84.2 Å². The first kappa shape index (κ1) is 20.2. The van der Waals surface area contributed by atoms with Gasteiger partial charge in [-0.1, -0.05) is 42.5 Å². The van der Waals surface area contributed by atoms with Crippen molar-refractivity contribution in [1.29, 1.82) is 0 Å². The van der Waals surface area contributed by atoms with Crippen molar-refractivity contribution in [2.45, 2.75) is 38.8 Å². The standard InChI is InChI=1S/C21H25N3O3S/c1-14-21(15(2)24(23-14)11-16-6-4-3-5-7-16)17-8-9-18(10-17)22-19(25)12-28-13-20(26)27/h3-9,17-18H,10-13H2,1-2H3,(H,22,25)(H,26,27)/t17-,18-/m1/s1. The van der Waals surface area contributed by atoms with Gasteiger partial charge in [0, 0.05) is 23.2 Å². The first-order chi connectivity index (χ1) is 13.4. The molecule has 0 aliphatic heterocycles. The fraction of sp³-hybridized carbons (Fsp3) is 0.381. The molecule has 2 N–H and O–H groups in total. The fourth-order valence-electron chi connectivity index (χ4n) is 3.66. The number of allylic oxidation sites excluding steroid dienone is 1. The van der Waals surface area contributed by atoms with Gasteiger partial charge in [-0.2, -0.15) is 5.10 Å². The summed E-state index contributed by atoms with van der Waals surface area (Å²) in [7, 11) is 0. The molecule has 2 aromatic rings. The number of carbonyl (C=O) groups excluding carboxylic acids is 1. The molecule has 0 unspecified atom stereocenters. The van der Waals surface area contributed by atoms with Crippen LogP contribution in [-0.2, 0) is 16.1 Å². The van der Waals surface area contributed by atoms with E-state index in [9.17, 15) is 9.59 Å². The van der Waals surface area contributed by atoms with Gasteiger partial charge in [0.05, 0.1) is 23.7 Å². The number of nitrogens with zero attached hydrogens (tertiary/aromatic N) is 2. The van der Waals surface area contributed by atoms with Gasteiger partial charge in [-0.05, 0) is 25.8 Å². The molecule has 2 atom stereocenters. The Balaban J connectivity index is 1.60. The zero-order chi connectivity index (χ0) is 20.1. The lowest BCUT2D eigenvalue weighted by molar-refractivity contribution is -0.133. The third kappa shape index (κ3) is 5.04. The van der Waals surface area contributed by atoms with E-state index in [4.69, 9.17) is 10.2 Å². The first-order valence-corrected chi connectivity index (χ1v) is 10.4. The molecule has 1 aliphatic carbocycles. The number of carboxylic acid groups (broad SMARTS) is 1. The highest BCUT2D eigenvalue weighted by Gasteiger charge is 2.26. The molecule has 6 nitrogen and oxygen atoms in total. The number of rotatable bonds is 8. The summed E-state index contributed by atoms with van der Waals surface area (Å²) in [6.07, 6.45) is 4.96. The fourth-order valence-corrected chi connectivity index (χ4v) is 4.20. The molecule has 1 aromatic carbocycles. The van der Waals surface area contributed by atoms with Crippen molar-refractivity contribution < 1.29 is 14.7 Å². The molecule has 1 aromatic heterocycles. The van der Waals surface area contributed by atoms with E-state index in [0.29, 0.717) is 0 Å². The van der Waals surface area contributed by atoms with Crippen molar-refractivity contribution in [1.82, 2.24) is 15.1 Å². The number of hydrogen-bond acceptors (Lipinski definition) is 4. The molecular formula is C21H25N3O3S. The SMILES string of the molecule is Cc1nn(Cc2ccccc2)c(C)c1[C@@H]1C=C[C@@H](NC(=O)CSCC(=O)O)C1. The Morgan fingerprint density at radius 2 is 1.96 bits per heavy atom. The Kier molecular flexibility index (Phi) is 6.57. The molecule has 1 amide bonds. The van der Waals surface area contributed by atoms with Crippen LogP contribution in [0.25, 0.3) is 0 Å². The quantitative estimate of drug-likeness (QED) is 0.667. The van der Waals surface area contributed by atoms with Crippen LogP contribution in [0.2, 0.25) is 0 Å². The second kappa shape index (κ2) is 9.10. The summed E-state index contributed by atoms with van der Waals surface area (Å²) in [5.41, 5.74) is 4.61. The third-order valence-corrected chi connectivity index (χ3v) is 5.79. The Morgan fingerprint density at radius 1 is 1.21 bits per heavy atom. The summed E-state index contributed by atoms with van der Waals surface area (Å²) in [6, 6.07) is 10.2. The maximum Gasteiger partial charge on any atom is 0.313 e. The second-order valence-corrected chi connectivity index (χ2v) is 8.00. The minimum absolute atomic E-state index is 0.0285. The number of thioether (sulfide) groups is 1. The summed E-state index contributed by atoms with van der Waals surface area (Å²) in [5.74, 6) is -0.711. The lowest BCUT2D eigenvalue weighted by Crippen LogP contribution is -2.34. The number of hydrogen-bond donors (Lipinski definition) is 2. The minimum atomic E-state index is -0.905. The van der Waals surface area contributed by atoms with E-state index in [0.717, 1.165) is 36.1 Å². The molecule has 0 saturated heterocycles. The molecular weight excluding hydrogens is 374 g/mol. The van der Waals surface area contributed by atoms with Gasteiger partial charge < -0.3 is 10.4 Å². The van der Waals surface area contributed by atoms with Crippen LogP contribution >= 0.6 is 11.8 Å². The molecule has 0 saturated carbocycles. The molecule has 148 valence electrons. The number of benzene rings is 1. The maximum absolute atomic E-state index is 12.0. The second-order valence-electron chi connectivity index (χ2n) is 7.02. The summed E-state index contributed by atoms with van der Waals surface area (Å²) in [4.78, 5) is 22.5. The van der Waals surface area contributed by atoms with E-state index in [1.807, 2.05) is 35.9 Å². The minimum Gasteiger partial charge on any atom is -0.481 e. The monoisotopic (exact) mass is 399 g/mol. The van der Waals surface area contributed by atoms with Crippen LogP contribution < -0.4 is 5.32 Å². The molecule has 0 bridgehead atoms. The van der Waals surface area contributed by atoms with E-state index in [2.05, 4.69) is 30.4 Å². The highest BCUT2D eigenvalue weighted by Crippen LogP contribution is 2.33. The summed E-state index contributed by atoms with van der Waals surface area (Å²) in [6.45, 7) is 4.87. The molecule has 3 rings (SSSR count). The lowest BCUT2D eigenvalue weighted by Gasteiger charge is -2.14. The molecule has 1 heterocycles. The Labute approximate surface area is 169 Å². The highest BCUT2D eigenvalue weighted by molar-refractivity contribution is 8.00. The van der Waals surface area contributed by atoms with E-state index in [1.54, 1.807) is 0 Å². The molecule has 0 spiro atoms. The number of aromatic nitrogens is 2. The van der Waals surface area contributed by atoms with Crippen molar-refractivity contribution in [2.75, 3.05) is 11.5 Å². The van der Waals surface area contributed by atoms with E-state index >= 15 is 0 Å². The Bertz CT molecular complexity index is 877. The zero-order valence-corrected chi connectivity index (χ0v) is 16.9. The number of nitrogens with one attached hydrogen (secondary N) is 1. The van der Waals surface area contributed by atoms with Crippen LogP contribution in [0.1, 0.15) is 34.9 Å². The maximum atomic E-state index is 12.0. The Hall–Kier alpha value is -2.54. The van der Waals surface area contributed by atoms with Crippen molar-refractivity contribution >= 4 is 23.6 Å². The molecule has 1 aliphatic rings. The van der Waals surface area contributed by atoms with Crippen molar-refractivity contribution in [3.05, 3.63) is 65.0 Å². The number of carboxylic acids is 1. The van der Waals surface area contributed by atoms with Gasteiger partial charge >= 0.3 is 5.97 Å². The van der Waals surface area contributed by atoms with Crippen LogP contribution in [0.3, 0.4) is 0 Å². The Morgan fingerprint density at radius 3 is 2.68 bits per heavy atom. The normalized spacial score (nSPS) is 18.4. The predicted octanol–water partition coefficient (Wildman–Crippen LogP) is 2.89. The van der Waals surface area contributed by atoms with Crippen LogP contribution in [0.15, 0.2) is 42.5 Å². The lowest BCUT2D eigenvalue weighted by atomic mass is 9.96. The van der Waals surface area contributed by atoms with Gasteiger partial charge in [0.25, 0.3) is 0 Å². The number of aliphatic carboxylic acids is 1. The highest BCUT2D eigenvalue weighted by atomic mass is 32.2. The largest absolute Gasteiger partial charge is 0.481 e. The van der Waals surface area contributed by atoms with Crippen LogP contribution in [-0.4, -0.2) is 44.3 Å². The van der Waals surface area contributed by atoms with Gasteiger partial charge in [0.2, 0.25) is 5.91 Å². The van der Waals surface area contributed by atoms with Crippen molar-refractivity contribution in [2.24, 2.45) is 0 Å².